The quantitative estimate of drug-likeness (QED) is 0.681. The molecule has 2 N–H and O–H groups in total. The molecule has 0 aliphatic carbocycles. The molecule has 122 valence electrons. The van der Waals surface area contributed by atoms with Crippen LogP contribution < -0.4 is 14.8 Å². The predicted molar refractivity (Wildman–Crippen MR) is 85.7 cm³/mol. The van der Waals surface area contributed by atoms with Crippen LogP contribution in [0.4, 0.5) is 0 Å². The summed E-state index contributed by atoms with van der Waals surface area (Å²) in [5, 5.41) is 11.5. The van der Waals surface area contributed by atoms with Crippen molar-refractivity contribution in [1.29, 1.82) is 0 Å². The van der Waals surface area contributed by atoms with E-state index in [9.17, 15) is 9.59 Å². The molecule has 7 heteroatoms. The lowest BCUT2D eigenvalue weighted by atomic mass is 10.2. The van der Waals surface area contributed by atoms with E-state index in [-0.39, 0.29) is 18.9 Å². The molecule has 0 aliphatic heterocycles. The molecule has 0 saturated heterocycles. The van der Waals surface area contributed by atoms with E-state index in [2.05, 4.69) is 5.32 Å². The maximum absolute atomic E-state index is 11.7. The van der Waals surface area contributed by atoms with Crippen molar-refractivity contribution in [3.05, 3.63) is 24.3 Å². The Morgan fingerprint density at radius 1 is 1.36 bits per heavy atom. The Labute approximate surface area is 134 Å². The summed E-state index contributed by atoms with van der Waals surface area (Å²) in [6.45, 7) is 0.174. The van der Waals surface area contributed by atoms with Gasteiger partial charge in [0.05, 0.1) is 20.1 Å². The molecule has 1 rings (SSSR count). The molecule has 1 aromatic rings. The van der Waals surface area contributed by atoms with E-state index >= 15 is 0 Å². The number of carbonyl (C=O) groups excluding carboxylic acids is 1. The van der Waals surface area contributed by atoms with Crippen LogP contribution >= 0.6 is 11.8 Å². The van der Waals surface area contributed by atoms with Crippen molar-refractivity contribution in [1.82, 2.24) is 5.32 Å². The lowest BCUT2D eigenvalue weighted by molar-refractivity contribution is -0.141. The number of ether oxygens (including phenoxy) is 2. The van der Waals surface area contributed by atoms with E-state index < -0.39 is 12.0 Å². The number of carbonyl (C=O) groups is 2. The summed E-state index contributed by atoms with van der Waals surface area (Å²) in [6, 6.07) is 6.21. The minimum absolute atomic E-state index is 0.0975. The standard InChI is InChI=1S/C15H21NO5S/c1-20-11-4-3-5-12(10-11)21-8-6-14(17)16-13(15(18)19)7-9-22-2/h3-5,10,13H,6-9H2,1-2H3,(H,16,17)(H,18,19). The number of carboxylic acid groups (broad SMARTS) is 1. The molecule has 0 aromatic heterocycles. The number of hydrogen-bond donors (Lipinski definition) is 2. The van der Waals surface area contributed by atoms with E-state index in [1.165, 1.54) is 0 Å². The van der Waals surface area contributed by atoms with Gasteiger partial charge in [-0.15, -0.1) is 0 Å². The second kappa shape index (κ2) is 9.94. The first-order chi connectivity index (χ1) is 10.6. The number of amides is 1. The molecule has 1 aromatic carbocycles. The Kier molecular flexibility index (Phi) is 8.21. The van der Waals surface area contributed by atoms with Gasteiger partial charge in [0.2, 0.25) is 5.91 Å². The number of aliphatic carboxylic acids is 1. The molecule has 0 radical (unpaired) electrons. The highest BCUT2D eigenvalue weighted by atomic mass is 32.2. The van der Waals surface area contributed by atoms with Crippen molar-refractivity contribution >= 4 is 23.6 Å². The molecule has 22 heavy (non-hydrogen) atoms. The summed E-state index contributed by atoms with van der Waals surface area (Å²) < 4.78 is 10.5. The molecule has 0 bridgehead atoms. The Balaban J connectivity index is 2.36. The molecule has 1 atom stereocenters. The third kappa shape index (κ3) is 6.71. The minimum Gasteiger partial charge on any atom is -0.497 e. The molecule has 1 unspecified atom stereocenters. The van der Waals surface area contributed by atoms with Crippen molar-refractivity contribution in [2.24, 2.45) is 0 Å². The Hall–Kier alpha value is -1.89. The summed E-state index contributed by atoms with van der Waals surface area (Å²) >= 11 is 1.54. The van der Waals surface area contributed by atoms with Gasteiger partial charge in [-0.2, -0.15) is 11.8 Å². The van der Waals surface area contributed by atoms with Gasteiger partial charge in [0.25, 0.3) is 0 Å². The molecule has 0 spiro atoms. The first kappa shape index (κ1) is 18.2. The number of benzene rings is 1. The molecule has 0 fully saturated rings. The van der Waals surface area contributed by atoms with E-state index in [0.717, 1.165) is 0 Å². The van der Waals surface area contributed by atoms with Crippen molar-refractivity contribution in [3.63, 3.8) is 0 Å². The molecular formula is C15H21NO5S. The SMILES string of the molecule is COc1cccc(OCCC(=O)NC(CCSC)C(=O)O)c1. The van der Waals surface area contributed by atoms with Crippen LogP contribution in [0, 0.1) is 0 Å². The lowest BCUT2D eigenvalue weighted by Gasteiger charge is -2.14. The van der Waals surface area contributed by atoms with Crippen LogP contribution in [0.2, 0.25) is 0 Å². The Bertz CT molecular complexity index is 495. The fraction of sp³-hybridized carbons (Fsp3) is 0.467. The zero-order valence-electron chi connectivity index (χ0n) is 12.7. The number of methoxy groups -OCH3 is 1. The summed E-state index contributed by atoms with van der Waals surface area (Å²) in [5.41, 5.74) is 0. The topological polar surface area (TPSA) is 84.9 Å². The third-order valence-corrected chi connectivity index (χ3v) is 3.53. The highest BCUT2D eigenvalue weighted by molar-refractivity contribution is 7.98. The van der Waals surface area contributed by atoms with Gasteiger partial charge in [0.1, 0.15) is 17.5 Å². The third-order valence-electron chi connectivity index (χ3n) is 2.88. The van der Waals surface area contributed by atoms with Crippen LogP contribution in [0.15, 0.2) is 24.3 Å². The zero-order valence-corrected chi connectivity index (χ0v) is 13.5. The van der Waals surface area contributed by atoms with Gasteiger partial charge in [0.15, 0.2) is 0 Å². The first-order valence-corrected chi connectivity index (χ1v) is 8.24. The molecular weight excluding hydrogens is 306 g/mol. The van der Waals surface area contributed by atoms with Gasteiger partial charge in [-0.1, -0.05) is 6.07 Å². The number of rotatable bonds is 10. The Morgan fingerprint density at radius 3 is 2.73 bits per heavy atom. The zero-order chi connectivity index (χ0) is 16.4. The van der Waals surface area contributed by atoms with Gasteiger partial charge in [-0.25, -0.2) is 4.79 Å². The molecule has 6 nitrogen and oxygen atoms in total. The maximum Gasteiger partial charge on any atom is 0.326 e. The number of carboxylic acids is 1. The first-order valence-electron chi connectivity index (χ1n) is 6.84. The van der Waals surface area contributed by atoms with E-state index in [0.29, 0.717) is 23.7 Å². The van der Waals surface area contributed by atoms with E-state index in [1.807, 2.05) is 6.26 Å². The van der Waals surface area contributed by atoms with Crippen LogP contribution in [0.25, 0.3) is 0 Å². The monoisotopic (exact) mass is 327 g/mol. The smallest absolute Gasteiger partial charge is 0.326 e. The highest BCUT2D eigenvalue weighted by Gasteiger charge is 2.19. The van der Waals surface area contributed by atoms with Crippen molar-refractivity contribution < 1.29 is 24.2 Å². The summed E-state index contributed by atoms with van der Waals surface area (Å²) in [5.74, 6) is 0.596. The van der Waals surface area contributed by atoms with Gasteiger partial charge >= 0.3 is 5.97 Å². The van der Waals surface area contributed by atoms with E-state index in [1.54, 1.807) is 43.1 Å². The van der Waals surface area contributed by atoms with Gasteiger partial charge < -0.3 is 19.9 Å². The number of thioether (sulfide) groups is 1. The van der Waals surface area contributed by atoms with Crippen molar-refractivity contribution in [3.8, 4) is 11.5 Å². The van der Waals surface area contributed by atoms with Gasteiger partial charge in [-0.3, -0.25) is 4.79 Å². The fourth-order valence-corrected chi connectivity index (χ4v) is 2.18. The molecule has 1 amide bonds. The summed E-state index contributed by atoms with van der Waals surface area (Å²) in [7, 11) is 1.56. The highest BCUT2D eigenvalue weighted by Crippen LogP contribution is 2.18. The summed E-state index contributed by atoms with van der Waals surface area (Å²) in [4.78, 5) is 22.8. The van der Waals surface area contributed by atoms with Crippen LogP contribution in [-0.2, 0) is 9.59 Å². The average Bonchev–Trinajstić information content (AvgIpc) is 2.51. The predicted octanol–water partition coefficient (Wildman–Crippen LogP) is 1.79. The normalized spacial score (nSPS) is 11.5. The second-order valence-electron chi connectivity index (χ2n) is 4.52. The van der Waals surface area contributed by atoms with Crippen molar-refractivity contribution in [2.45, 2.75) is 18.9 Å². The summed E-state index contributed by atoms with van der Waals surface area (Å²) in [6.07, 6.45) is 2.39. The van der Waals surface area contributed by atoms with Crippen LogP contribution in [-0.4, -0.2) is 48.8 Å². The average molecular weight is 327 g/mol. The van der Waals surface area contributed by atoms with Gasteiger partial charge in [-0.05, 0) is 30.6 Å². The number of nitrogens with one attached hydrogen (secondary N) is 1. The van der Waals surface area contributed by atoms with Crippen LogP contribution in [0.1, 0.15) is 12.8 Å². The largest absolute Gasteiger partial charge is 0.497 e. The van der Waals surface area contributed by atoms with Crippen LogP contribution in [0.5, 0.6) is 11.5 Å². The van der Waals surface area contributed by atoms with Crippen LogP contribution in [0.3, 0.4) is 0 Å². The lowest BCUT2D eigenvalue weighted by Crippen LogP contribution is -2.41. The van der Waals surface area contributed by atoms with Gasteiger partial charge in [0, 0.05) is 6.07 Å². The number of hydrogen-bond acceptors (Lipinski definition) is 5. The fourth-order valence-electron chi connectivity index (χ4n) is 1.71. The van der Waals surface area contributed by atoms with E-state index in [4.69, 9.17) is 14.6 Å². The minimum atomic E-state index is -1.02. The van der Waals surface area contributed by atoms with Crippen molar-refractivity contribution in [2.75, 3.05) is 25.7 Å². The Morgan fingerprint density at radius 2 is 2.09 bits per heavy atom. The second-order valence-corrected chi connectivity index (χ2v) is 5.50. The molecule has 0 saturated carbocycles. The maximum atomic E-state index is 11.7. The molecule has 0 aliphatic rings. The molecule has 0 heterocycles.